The van der Waals surface area contributed by atoms with Crippen molar-refractivity contribution in [3.8, 4) is 5.82 Å². The second-order valence-corrected chi connectivity index (χ2v) is 6.83. The Hall–Kier alpha value is -2.57. The molecule has 0 fully saturated rings. The predicted octanol–water partition coefficient (Wildman–Crippen LogP) is 4.06. The van der Waals surface area contributed by atoms with Gasteiger partial charge in [0.25, 0.3) is 5.91 Å². The van der Waals surface area contributed by atoms with Gasteiger partial charge < -0.3 is 11.1 Å². The summed E-state index contributed by atoms with van der Waals surface area (Å²) in [7, 11) is 0. The number of rotatable bonds is 4. The van der Waals surface area contributed by atoms with Crippen LogP contribution in [0.2, 0.25) is 0 Å². The lowest BCUT2D eigenvalue weighted by Crippen LogP contribution is -2.31. The van der Waals surface area contributed by atoms with Crippen molar-refractivity contribution in [1.29, 1.82) is 0 Å². The van der Waals surface area contributed by atoms with Crippen molar-refractivity contribution in [2.24, 2.45) is 0 Å². The summed E-state index contributed by atoms with van der Waals surface area (Å²) in [6.07, 6.45) is 7.02. The average molecular weight is 434 g/mol. The summed E-state index contributed by atoms with van der Waals surface area (Å²) in [6.45, 7) is 2.02. The molecule has 3 N–H and O–H groups in total. The lowest BCUT2D eigenvalue weighted by Gasteiger charge is -2.26. The number of benzene rings is 1. The standard InChI is InChI=1S/C21H23N5O.2ClH/c1-2-19-17(13-24-26(19)20-8-3-4-11-23-20)21(27)25-18-7-5-6-14-12-15(22)9-10-16(14)18;;/h3-4,8-13,18H,2,5-7,22H2,1H3,(H,25,27);2*1H. The predicted molar refractivity (Wildman–Crippen MR) is 119 cm³/mol. The zero-order valence-electron chi connectivity index (χ0n) is 16.2. The van der Waals surface area contributed by atoms with E-state index in [1.54, 1.807) is 17.1 Å². The normalized spacial score (nSPS) is 14.9. The number of carbonyl (C=O) groups excluding carboxylic acids is 1. The number of fused-ring (bicyclic) bond motifs is 1. The molecule has 4 rings (SSSR count). The Morgan fingerprint density at radius 1 is 1.28 bits per heavy atom. The molecular weight excluding hydrogens is 409 g/mol. The third-order valence-electron chi connectivity index (χ3n) is 5.10. The van der Waals surface area contributed by atoms with Crippen LogP contribution >= 0.6 is 24.8 Å². The second-order valence-electron chi connectivity index (χ2n) is 6.83. The van der Waals surface area contributed by atoms with Crippen molar-refractivity contribution in [2.45, 2.75) is 38.6 Å². The minimum Gasteiger partial charge on any atom is -0.399 e. The molecule has 1 unspecified atom stereocenters. The Morgan fingerprint density at radius 2 is 2.10 bits per heavy atom. The first-order valence-corrected chi connectivity index (χ1v) is 9.35. The van der Waals surface area contributed by atoms with Crippen molar-refractivity contribution < 1.29 is 4.79 Å². The third kappa shape index (κ3) is 4.54. The summed E-state index contributed by atoms with van der Waals surface area (Å²) in [5, 5.41) is 7.60. The number of hydrogen-bond donors (Lipinski definition) is 2. The molecule has 8 heteroatoms. The van der Waals surface area contributed by atoms with E-state index in [0.717, 1.165) is 30.6 Å². The highest BCUT2D eigenvalue weighted by atomic mass is 35.5. The second kappa shape index (κ2) is 9.76. The molecule has 2 heterocycles. The molecule has 0 bridgehead atoms. The van der Waals surface area contributed by atoms with Gasteiger partial charge in [0, 0.05) is 11.9 Å². The van der Waals surface area contributed by atoms with E-state index in [2.05, 4.69) is 15.4 Å². The number of nitrogens with zero attached hydrogens (tertiary/aromatic N) is 3. The van der Waals surface area contributed by atoms with Gasteiger partial charge in [0.1, 0.15) is 0 Å². The molecule has 0 spiro atoms. The molecule has 0 saturated carbocycles. The molecule has 1 atom stereocenters. The maximum Gasteiger partial charge on any atom is 0.255 e. The van der Waals surface area contributed by atoms with Gasteiger partial charge in [-0.15, -0.1) is 24.8 Å². The van der Waals surface area contributed by atoms with E-state index in [1.165, 1.54) is 11.1 Å². The molecule has 154 valence electrons. The average Bonchev–Trinajstić information content (AvgIpc) is 3.13. The number of amides is 1. The van der Waals surface area contributed by atoms with Crippen molar-refractivity contribution in [1.82, 2.24) is 20.1 Å². The highest BCUT2D eigenvalue weighted by Gasteiger charge is 2.25. The molecule has 0 saturated heterocycles. The molecule has 1 amide bonds. The lowest BCUT2D eigenvalue weighted by molar-refractivity contribution is 0.0932. The molecule has 1 aliphatic carbocycles. The van der Waals surface area contributed by atoms with E-state index in [-0.39, 0.29) is 36.8 Å². The molecule has 2 aromatic heterocycles. The molecule has 0 radical (unpaired) electrons. The van der Waals surface area contributed by atoms with Crippen LogP contribution in [0, 0.1) is 0 Å². The van der Waals surface area contributed by atoms with E-state index < -0.39 is 0 Å². The summed E-state index contributed by atoms with van der Waals surface area (Å²) >= 11 is 0. The number of pyridine rings is 1. The Bertz CT molecular complexity index is 974. The van der Waals surface area contributed by atoms with E-state index >= 15 is 0 Å². The lowest BCUT2D eigenvalue weighted by atomic mass is 9.87. The molecule has 3 aromatic rings. The summed E-state index contributed by atoms with van der Waals surface area (Å²) in [4.78, 5) is 17.3. The number of halogens is 2. The van der Waals surface area contributed by atoms with Gasteiger partial charge in [-0.05, 0) is 61.1 Å². The van der Waals surface area contributed by atoms with E-state index in [4.69, 9.17) is 5.73 Å². The van der Waals surface area contributed by atoms with Crippen molar-refractivity contribution in [3.63, 3.8) is 0 Å². The molecule has 6 nitrogen and oxygen atoms in total. The molecule has 0 aliphatic heterocycles. The number of nitrogens with one attached hydrogen (secondary N) is 1. The summed E-state index contributed by atoms with van der Waals surface area (Å²) < 4.78 is 1.74. The number of carbonyl (C=O) groups is 1. The van der Waals surface area contributed by atoms with Gasteiger partial charge >= 0.3 is 0 Å². The zero-order chi connectivity index (χ0) is 18.8. The fourth-order valence-electron chi connectivity index (χ4n) is 3.80. The van der Waals surface area contributed by atoms with Crippen LogP contribution in [-0.4, -0.2) is 20.7 Å². The van der Waals surface area contributed by atoms with Crippen LogP contribution in [0.5, 0.6) is 0 Å². The van der Waals surface area contributed by atoms with Gasteiger partial charge in [-0.1, -0.05) is 19.1 Å². The van der Waals surface area contributed by atoms with Crippen molar-refractivity contribution in [2.75, 3.05) is 5.73 Å². The van der Waals surface area contributed by atoms with Crippen LogP contribution in [0.15, 0.2) is 48.8 Å². The molecule has 29 heavy (non-hydrogen) atoms. The van der Waals surface area contributed by atoms with Gasteiger partial charge in [0.05, 0.1) is 23.5 Å². The van der Waals surface area contributed by atoms with E-state index in [1.807, 2.05) is 43.3 Å². The third-order valence-corrected chi connectivity index (χ3v) is 5.10. The zero-order valence-corrected chi connectivity index (χ0v) is 17.8. The Morgan fingerprint density at radius 3 is 2.83 bits per heavy atom. The Labute approximate surface area is 182 Å². The fourth-order valence-corrected chi connectivity index (χ4v) is 3.80. The topological polar surface area (TPSA) is 85.8 Å². The van der Waals surface area contributed by atoms with Crippen LogP contribution < -0.4 is 11.1 Å². The van der Waals surface area contributed by atoms with Gasteiger partial charge in [-0.2, -0.15) is 5.10 Å². The van der Waals surface area contributed by atoms with Gasteiger partial charge in [-0.25, -0.2) is 9.67 Å². The summed E-state index contributed by atoms with van der Waals surface area (Å²) in [5.41, 5.74) is 10.5. The highest BCUT2D eigenvalue weighted by Crippen LogP contribution is 2.31. The summed E-state index contributed by atoms with van der Waals surface area (Å²) in [5.74, 6) is 0.621. The fraction of sp³-hybridized carbons (Fsp3) is 0.286. The summed E-state index contributed by atoms with van der Waals surface area (Å²) in [6, 6.07) is 11.6. The maximum absolute atomic E-state index is 13.0. The van der Waals surface area contributed by atoms with Crippen LogP contribution in [0.4, 0.5) is 5.69 Å². The molecule has 1 aliphatic rings. The van der Waals surface area contributed by atoms with Gasteiger partial charge in [0.15, 0.2) is 5.82 Å². The minimum atomic E-state index is -0.0938. The van der Waals surface area contributed by atoms with E-state index in [9.17, 15) is 4.79 Å². The van der Waals surface area contributed by atoms with Gasteiger partial charge in [-0.3, -0.25) is 4.79 Å². The maximum atomic E-state index is 13.0. The minimum absolute atomic E-state index is 0. The number of nitrogen functional groups attached to an aromatic ring is 1. The van der Waals surface area contributed by atoms with Crippen LogP contribution in [0.1, 0.15) is 53.0 Å². The van der Waals surface area contributed by atoms with Gasteiger partial charge in [0.2, 0.25) is 0 Å². The number of anilines is 1. The van der Waals surface area contributed by atoms with Crippen molar-refractivity contribution in [3.05, 3.63) is 71.2 Å². The first-order chi connectivity index (χ1) is 13.2. The Balaban J connectivity index is 0.00000150. The SMILES string of the molecule is CCc1c(C(=O)NC2CCCc3cc(N)ccc32)cnn1-c1ccccn1.Cl.Cl. The van der Waals surface area contributed by atoms with Crippen LogP contribution in [0.25, 0.3) is 5.82 Å². The van der Waals surface area contributed by atoms with E-state index in [0.29, 0.717) is 17.8 Å². The Kier molecular flexibility index (Phi) is 7.65. The van der Waals surface area contributed by atoms with Crippen LogP contribution in [-0.2, 0) is 12.8 Å². The van der Waals surface area contributed by atoms with Crippen LogP contribution in [0.3, 0.4) is 0 Å². The smallest absolute Gasteiger partial charge is 0.255 e. The number of nitrogens with two attached hydrogens (primary N) is 1. The first-order valence-electron chi connectivity index (χ1n) is 9.35. The number of aryl methyl sites for hydroxylation is 1. The molecule has 1 aromatic carbocycles. The van der Waals surface area contributed by atoms with Crippen molar-refractivity contribution >= 4 is 36.4 Å². The quantitative estimate of drug-likeness (QED) is 0.607. The first kappa shape index (κ1) is 22.7. The number of aromatic nitrogens is 3. The molecular formula is C21H25Cl2N5O. The monoisotopic (exact) mass is 433 g/mol. The number of hydrogen-bond acceptors (Lipinski definition) is 4. The highest BCUT2D eigenvalue weighted by molar-refractivity contribution is 5.95. The largest absolute Gasteiger partial charge is 0.399 e.